The molecule has 0 bridgehead atoms. The van der Waals surface area contributed by atoms with E-state index in [2.05, 4.69) is 10.6 Å². The summed E-state index contributed by atoms with van der Waals surface area (Å²) >= 11 is 0. The fourth-order valence-corrected chi connectivity index (χ4v) is 2.20. The van der Waals surface area contributed by atoms with Gasteiger partial charge < -0.3 is 20.5 Å². The number of rotatable bonds is 8. The monoisotopic (exact) mass is 366 g/mol. The molecular weight excluding hydrogens is 344 g/mol. The maximum Gasteiger partial charge on any atom is 0.267 e. The van der Waals surface area contributed by atoms with E-state index in [1.54, 1.807) is 43.5 Å². The Kier molecular flexibility index (Phi) is 7.81. The Hall–Kier alpha value is -3.38. The third-order valence-corrected chi connectivity index (χ3v) is 3.55. The fourth-order valence-electron chi connectivity index (χ4n) is 2.20. The van der Waals surface area contributed by atoms with Crippen molar-refractivity contribution in [3.8, 4) is 5.75 Å². The highest BCUT2D eigenvalue weighted by atomic mass is 16.5. The molecule has 0 fully saturated rings. The van der Waals surface area contributed by atoms with Gasteiger partial charge in [-0.1, -0.05) is 42.5 Å². The van der Waals surface area contributed by atoms with Gasteiger partial charge in [-0.3, -0.25) is 9.59 Å². The SMILES string of the molecule is COc1ccc(/C=C(/NC(=O)/C=C/c2ccccc2)C(=O)NCCO)cc1. The molecule has 140 valence electrons. The van der Waals surface area contributed by atoms with Crippen molar-refractivity contribution >= 4 is 24.0 Å². The fraction of sp³-hybridized carbons (Fsp3) is 0.143. The summed E-state index contributed by atoms with van der Waals surface area (Å²) < 4.78 is 5.11. The minimum Gasteiger partial charge on any atom is -0.497 e. The van der Waals surface area contributed by atoms with Crippen molar-refractivity contribution < 1.29 is 19.4 Å². The Labute approximate surface area is 158 Å². The largest absolute Gasteiger partial charge is 0.497 e. The average Bonchev–Trinajstić information content (AvgIpc) is 2.71. The smallest absolute Gasteiger partial charge is 0.267 e. The number of benzene rings is 2. The van der Waals surface area contributed by atoms with Gasteiger partial charge in [-0.2, -0.15) is 0 Å². The van der Waals surface area contributed by atoms with Gasteiger partial charge in [-0.15, -0.1) is 0 Å². The van der Waals surface area contributed by atoms with Crippen LogP contribution in [0, 0.1) is 0 Å². The number of nitrogens with one attached hydrogen (secondary N) is 2. The van der Waals surface area contributed by atoms with E-state index in [1.165, 1.54) is 6.08 Å². The molecule has 0 atom stereocenters. The van der Waals surface area contributed by atoms with Gasteiger partial charge in [-0.05, 0) is 35.4 Å². The standard InChI is InChI=1S/C21H22N2O4/c1-27-18-10-7-17(8-11-18)15-19(21(26)22-13-14-24)23-20(25)12-9-16-5-3-2-4-6-16/h2-12,15,24H,13-14H2,1H3,(H,22,26)(H,23,25)/b12-9+,19-15+. The van der Waals surface area contributed by atoms with Crippen LogP contribution in [0.5, 0.6) is 5.75 Å². The molecule has 0 unspecified atom stereocenters. The van der Waals surface area contributed by atoms with Crippen molar-refractivity contribution in [1.82, 2.24) is 10.6 Å². The first-order valence-corrected chi connectivity index (χ1v) is 8.41. The molecule has 0 heterocycles. The summed E-state index contributed by atoms with van der Waals surface area (Å²) in [7, 11) is 1.57. The van der Waals surface area contributed by atoms with Gasteiger partial charge in [0, 0.05) is 12.6 Å². The predicted molar refractivity (Wildman–Crippen MR) is 105 cm³/mol. The Balaban J connectivity index is 2.15. The van der Waals surface area contributed by atoms with Crippen LogP contribution in [0.1, 0.15) is 11.1 Å². The molecule has 0 radical (unpaired) electrons. The van der Waals surface area contributed by atoms with Crippen LogP contribution in [0.15, 0.2) is 66.4 Å². The van der Waals surface area contributed by atoms with Crippen LogP contribution in [0.3, 0.4) is 0 Å². The lowest BCUT2D eigenvalue weighted by Crippen LogP contribution is -2.35. The van der Waals surface area contributed by atoms with Gasteiger partial charge in [0.25, 0.3) is 5.91 Å². The zero-order valence-electron chi connectivity index (χ0n) is 15.0. The quantitative estimate of drug-likeness (QED) is 0.624. The molecule has 0 aliphatic carbocycles. The molecular formula is C21H22N2O4. The molecule has 6 heteroatoms. The summed E-state index contributed by atoms with van der Waals surface area (Å²) in [6.07, 6.45) is 4.57. The lowest BCUT2D eigenvalue weighted by atomic mass is 10.1. The molecule has 6 nitrogen and oxygen atoms in total. The molecule has 0 aliphatic rings. The molecule has 0 aliphatic heterocycles. The summed E-state index contributed by atoms with van der Waals surface area (Å²) in [5.74, 6) is -0.229. The summed E-state index contributed by atoms with van der Waals surface area (Å²) in [6, 6.07) is 16.4. The molecule has 3 N–H and O–H groups in total. The highest BCUT2D eigenvalue weighted by molar-refractivity contribution is 6.04. The third kappa shape index (κ3) is 6.80. The van der Waals surface area contributed by atoms with Crippen LogP contribution in [0.4, 0.5) is 0 Å². The maximum absolute atomic E-state index is 12.3. The Bertz CT molecular complexity index is 812. The molecule has 0 spiro atoms. The van der Waals surface area contributed by atoms with E-state index in [-0.39, 0.29) is 18.8 Å². The molecule has 0 aromatic heterocycles. The van der Waals surface area contributed by atoms with E-state index in [9.17, 15) is 9.59 Å². The molecule has 27 heavy (non-hydrogen) atoms. The van der Waals surface area contributed by atoms with Crippen LogP contribution < -0.4 is 15.4 Å². The highest BCUT2D eigenvalue weighted by Gasteiger charge is 2.11. The number of aliphatic hydroxyl groups is 1. The molecule has 2 aromatic carbocycles. The molecule has 2 rings (SSSR count). The van der Waals surface area contributed by atoms with E-state index in [4.69, 9.17) is 9.84 Å². The number of carbonyl (C=O) groups is 2. The predicted octanol–water partition coefficient (Wildman–Crippen LogP) is 1.97. The summed E-state index contributed by atoms with van der Waals surface area (Å²) in [5, 5.41) is 14.0. The summed E-state index contributed by atoms with van der Waals surface area (Å²) in [6.45, 7) is -0.0993. The number of carbonyl (C=O) groups excluding carboxylic acids is 2. The van der Waals surface area contributed by atoms with E-state index in [0.717, 1.165) is 11.1 Å². The van der Waals surface area contributed by atoms with Crippen molar-refractivity contribution in [2.75, 3.05) is 20.3 Å². The lowest BCUT2D eigenvalue weighted by Gasteiger charge is -2.09. The van der Waals surface area contributed by atoms with Crippen LogP contribution in [-0.4, -0.2) is 37.2 Å². The zero-order valence-corrected chi connectivity index (χ0v) is 15.0. The number of hydrogen-bond donors (Lipinski definition) is 3. The molecule has 2 amide bonds. The average molecular weight is 366 g/mol. The van der Waals surface area contributed by atoms with E-state index >= 15 is 0 Å². The number of methoxy groups -OCH3 is 1. The maximum atomic E-state index is 12.3. The first-order valence-electron chi connectivity index (χ1n) is 8.41. The van der Waals surface area contributed by atoms with Crippen molar-refractivity contribution in [3.05, 3.63) is 77.5 Å². The van der Waals surface area contributed by atoms with Gasteiger partial charge in [0.2, 0.25) is 5.91 Å². The molecule has 0 saturated heterocycles. The van der Waals surface area contributed by atoms with Crippen LogP contribution in [-0.2, 0) is 9.59 Å². The number of hydrogen-bond acceptors (Lipinski definition) is 4. The van der Waals surface area contributed by atoms with Crippen molar-refractivity contribution in [2.45, 2.75) is 0 Å². The van der Waals surface area contributed by atoms with Crippen LogP contribution >= 0.6 is 0 Å². The Morgan fingerprint density at radius 2 is 1.74 bits per heavy atom. The minimum atomic E-state index is -0.485. The van der Waals surface area contributed by atoms with Crippen molar-refractivity contribution in [1.29, 1.82) is 0 Å². The summed E-state index contributed by atoms with van der Waals surface area (Å²) in [4.78, 5) is 24.5. The second-order valence-electron chi connectivity index (χ2n) is 5.54. The first kappa shape index (κ1) is 19.9. The Morgan fingerprint density at radius 3 is 2.37 bits per heavy atom. The van der Waals surface area contributed by atoms with Crippen LogP contribution in [0.2, 0.25) is 0 Å². The first-order chi connectivity index (χ1) is 13.1. The van der Waals surface area contributed by atoms with E-state index < -0.39 is 11.8 Å². The van der Waals surface area contributed by atoms with Crippen molar-refractivity contribution in [3.63, 3.8) is 0 Å². The number of aliphatic hydroxyl groups excluding tert-OH is 1. The third-order valence-electron chi connectivity index (χ3n) is 3.55. The van der Waals surface area contributed by atoms with Crippen molar-refractivity contribution in [2.24, 2.45) is 0 Å². The molecule has 0 saturated carbocycles. The number of ether oxygens (including phenoxy) is 1. The van der Waals surface area contributed by atoms with Gasteiger partial charge >= 0.3 is 0 Å². The highest BCUT2D eigenvalue weighted by Crippen LogP contribution is 2.13. The van der Waals surface area contributed by atoms with Gasteiger partial charge in [0.15, 0.2) is 0 Å². The topological polar surface area (TPSA) is 87.7 Å². The van der Waals surface area contributed by atoms with Crippen LogP contribution in [0.25, 0.3) is 12.2 Å². The van der Waals surface area contributed by atoms with E-state index in [0.29, 0.717) is 5.75 Å². The van der Waals surface area contributed by atoms with Gasteiger partial charge in [0.1, 0.15) is 11.4 Å². The van der Waals surface area contributed by atoms with Gasteiger partial charge in [-0.25, -0.2) is 0 Å². The molecule has 2 aromatic rings. The second kappa shape index (κ2) is 10.6. The Morgan fingerprint density at radius 1 is 1.04 bits per heavy atom. The zero-order chi connectivity index (χ0) is 19.5. The minimum absolute atomic E-state index is 0.0799. The van der Waals surface area contributed by atoms with Gasteiger partial charge in [0.05, 0.1) is 13.7 Å². The normalized spacial score (nSPS) is 11.3. The van der Waals surface area contributed by atoms with E-state index in [1.807, 2.05) is 30.3 Å². The second-order valence-corrected chi connectivity index (χ2v) is 5.54. The summed E-state index contributed by atoms with van der Waals surface area (Å²) in [5.41, 5.74) is 1.67. The lowest BCUT2D eigenvalue weighted by molar-refractivity contribution is -0.121. The number of amides is 2.